The zero-order valence-corrected chi connectivity index (χ0v) is 30.9. The van der Waals surface area contributed by atoms with E-state index in [1.807, 2.05) is 12.1 Å². The van der Waals surface area contributed by atoms with Crippen molar-refractivity contribution < 1.29 is 4.42 Å². The molecule has 0 atom stereocenters. The normalized spacial score (nSPS) is 11.9. The van der Waals surface area contributed by atoms with E-state index in [-0.39, 0.29) is 0 Å². The minimum absolute atomic E-state index is 0.913. The van der Waals surface area contributed by atoms with E-state index in [1.165, 1.54) is 65.9 Å². The SMILES string of the molecule is c1ccc(-c2cccc(-n3c4ccccc4c4ccc(-c5ccc6c7ccccc7n(-c7ccc(-c8cccc9c8oc8ccccc89)cc7)c6c5)cc43)c2)cc1. The van der Waals surface area contributed by atoms with Gasteiger partial charge in [0.05, 0.1) is 22.1 Å². The van der Waals surface area contributed by atoms with E-state index in [4.69, 9.17) is 4.42 Å². The smallest absolute Gasteiger partial charge is 0.143 e. The Kier molecular flexibility index (Phi) is 6.93. The zero-order chi connectivity index (χ0) is 37.5. The molecule has 0 aliphatic carbocycles. The predicted molar refractivity (Wildman–Crippen MR) is 239 cm³/mol. The van der Waals surface area contributed by atoms with Crippen molar-refractivity contribution in [3.63, 3.8) is 0 Å². The first-order valence-electron chi connectivity index (χ1n) is 19.5. The molecule has 0 spiro atoms. The van der Waals surface area contributed by atoms with Crippen LogP contribution in [0, 0.1) is 0 Å². The number of fused-ring (bicyclic) bond motifs is 9. The second kappa shape index (κ2) is 12.5. The second-order valence-electron chi connectivity index (χ2n) is 14.9. The van der Waals surface area contributed by atoms with E-state index < -0.39 is 0 Å². The van der Waals surface area contributed by atoms with Gasteiger partial charge in [-0.25, -0.2) is 0 Å². The van der Waals surface area contributed by atoms with Crippen molar-refractivity contribution in [2.75, 3.05) is 0 Å². The molecule has 12 rings (SSSR count). The molecule has 0 fully saturated rings. The molecule has 57 heavy (non-hydrogen) atoms. The Labute approximate surface area is 328 Å². The van der Waals surface area contributed by atoms with E-state index >= 15 is 0 Å². The van der Waals surface area contributed by atoms with Crippen molar-refractivity contribution in [1.82, 2.24) is 9.13 Å². The number of nitrogens with zero attached hydrogens (tertiary/aromatic N) is 2. The van der Waals surface area contributed by atoms with Gasteiger partial charge in [0.2, 0.25) is 0 Å². The molecular weight excluding hydrogens is 693 g/mol. The van der Waals surface area contributed by atoms with Gasteiger partial charge >= 0.3 is 0 Å². The Bertz CT molecular complexity index is 3510. The molecule has 0 aliphatic heterocycles. The molecule has 0 N–H and O–H groups in total. The lowest BCUT2D eigenvalue weighted by molar-refractivity contribution is 0.670. The van der Waals surface area contributed by atoms with Crippen molar-refractivity contribution in [1.29, 1.82) is 0 Å². The molecule has 0 bridgehead atoms. The molecule has 266 valence electrons. The second-order valence-corrected chi connectivity index (χ2v) is 14.9. The number of furan rings is 1. The van der Waals surface area contributed by atoms with Gasteiger partial charge in [-0.3, -0.25) is 0 Å². The third-order valence-electron chi connectivity index (χ3n) is 11.7. The number of aromatic nitrogens is 2. The number of hydrogen-bond donors (Lipinski definition) is 0. The first kappa shape index (κ1) is 31.7. The summed E-state index contributed by atoms with van der Waals surface area (Å²) in [4.78, 5) is 0. The maximum Gasteiger partial charge on any atom is 0.143 e. The molecule has 12 aromatic rings. The van der Waals surface area contributed by atoms with E-state index in [0.717, 1.165) is 44.4 Å². The Morgan fingerprint density at radius 3 is 1.49 bits per heavy atom. The zero-order valence-electron chi connectivity index (χ0n) is 30.9. The van der Waals surface area contributed by atoms with Crippen LogP contribution in [0.1, 0.15) is 0 Å². The molecule has 0 saturated carbocycles. The highest BCUT2D eigenvalue weighted by Gasteiger charge is 2.17. The molecule has 3 heteroatoms. The fourth-order valence-corrected chi connectivity index (χ4v) is 9.08. The largest absolute Gasteiger partial charge is 0.455 e. The topological polar surface area (TPSA) is 23.0 Å². The lowest BCUT2D eigenvalue weighted by Gasteiger charge is -2.12. The van der Waals surface area contributed by atoms with Gasteiger partial charge in [0.15, 0.2) is 0 Å². The van der Waals surface area contributed by atoms with Crippen molar-refractivity contribution in [2.24, 2.45) is 0 Å². The number of hydrogen-bond acceptors (Lipinski definition) is 1. The third-order valence-corrected chi connectivity index (χ3v) is 11.7. The van der Waals surface area contributed by atoms with E-state index in [9.17, 15) is 0 Å². The molecule has 0 saturated heterocycles. The fourth-order valence-electron chi connectivity index (χ4n) is 9.08. The van der Waals surface area contributed by atoms with Crippen LogP contribution in [0.4, 0.5) is 0 Å². The van der Waals surface area contributed by atoms with Crippen LogP contribution in [0.3, 0.4) is 0 Å². The number of benzene rings is 9. The van der Waals surface area contributed by atoms with Gasteiger partial charge in [-0.15, -0.1) is 0 Å². The van der Waals surface area contributed by atoms with Gasteiger partial charge < -0.3 is 13.6 Å². The van der Waals surface area contributed by atoms with Gasteiger partial charge in [0.1, 0.15) is 11.2 Å². The van der Waals surface area contributed by atoms with Crippen LogP contribution in [-0.4, -0.2) is 9.13 Å². The summed E-state index contributed by atoms with van der Waals surface area (Å²) in [5.41, 5.74) is 15.8. The predicted octanol–water partition coefficient (Wildman–Crippen LogP) is 14.8. The minimum Gasteiger partial charge on any atom is -0.455 e. The van der Waals surface area contributed by atoms with Crippen molar-refractivity contribution in [3.8, 4) is 44.8 Å². The molecule has 3 heterocycles. The van der Waals surface area contributed by atoms with Crippen molar-refractivity contribution in [3.05, 3.63) is 206 Å². The van der Waals surface area contributed by atoms with Gasteiger partial charge in [-0.1, -0.05) is 152 Å². The first-order chi connectivity index (χ1) is 28.3. The van der Waals surface area contributed by atoms with Crippen LogP contribution < -0.4 is 0 Å². The van der Waals surface area contributed by atoms with Crippen LogP contribution in [0.25, 0.3) is 110 Å². The average molecular weight is 727 g/mol. The number of para-hydroxylation sites is 4. The lowest BCUT2D eigenvalue weighted by Crippen LogP contribution is -1.95. The lowest BCUT2D eigenvalue weighted by atomic mass is 10.0. The van der Waals surface area contributed by atoms with Crippen LogP contribution in [0.5, 0.6) is 0 Å². The summed E-state index contributed by atoms with van der Waals surface area (Å²) in [5, 5.41) is 7.25. The van der Waals surface area contributed by atoms with E-state index in [2.05, 4.69) is 203 Å². The standard InChI is InChI=1S/C54H34N2O/c1-2-12-35(13-3-1)37-14-10-15-41(32-37)56-50-22-8-5-17-44(50)46-31-27-39(34-52(46)56)38-26-30-45-43-16-4-7-21-49(43)55(51(45)33-38)40-28-24-36(25-29-40)42-19-11-20-48-47-18-6-9-23-53(47)57-54(42)48/h1-34H. The molecule has 0 aliphatic rings. The minimum atomic E-state index is 0.913. The summed E-state index contributed by atoms with van der Waals surface area (Å²) in [7, 11) is 0. The maximum absolute atomic E-state index is 6.40. The number of rotatable bonds is 5. The van der Waals surface area contributed by atoms with Crippen LogP contribution >= 0.6 is 0 Å². The van der Waals surface area contributed by atoms with Gasteiger partial charge in [0.25, 0.3) is 0 Å². The Morgan fingerprint density at radius 1 is 0.281 bits per heavy atom. The first-order valence-corrected chi connectivity index (χ1v) is 19.5. The van der Waals surface area contributed by atoms with Crippen molar-refractivity contribution >= 4 is 65.6 Å². The Balaban J connectivity index is 1.00. The van der Waals surface area contributed by atoms with Crippen LogP contribution in [0.15, 0.2) is 211 Å². The highest BCUT2D eigenvalue weighted by molar-refractivity contribution is 6.13. The van der Waals surface area contributed by atoms with Crippen LogP contribution in [0.2, 0.25) is 0 Å². The monoisotopic (exact) mass is 726 g/mol. The van der Waals surface area contributed by atoms with Crippen LogP contribution in [-0.2, 0) is 0 Å². The van der Waals surface area contributed by atoms with E-state index in [1.54, 1.807) is 0 Å². The molecule has 0 radical (unpaired) electrons. The average Bonchev–Trinajstić information content (AvgIpc) is 3.94. The van der Waals surface area contributed by atoms with Gasteiger partial charge in [-0.05, 0) is 82.4 Å². The molecule has 3 aromatic heterocycles. The fraction of sp³-hybridized carbons (Fsp3) is 0. The summed E-state index contributed by atoms with van der Waals surface area (Å²) >= 11 is 0. The summed E-state index contributed by atoms with van der Waals surface area (Å²) in [6.45, 7) is 0. The maximum atomic E-state index is 6.40. The van der Waals surface area contributed by atoms with Gasteiger partial charge in [-0.2, -0.15) is 0 Å². The Morgan fingerprint density at radius 2 is 0.789 bits per heavy atom. The molecule has 0 unspecified atom stereocenters. The van der Waals surface area contributed by atoms with Gasteiger partial charge in [0, 0.05) is 49.3 Å². The quantitative estimate of drug-likeness (QED) is 0.173. The molecule has 3 nitrogen and oxygen atoms in total. The molecule has 9 aromatic carbocycles. The Hall–Kier alpha value is -7.62. The van der Waals surface area contributed by atoms with Crippen molar-refractivity contribution in [2.45, 2.75) is 0 Å². The summed E-state index contributed by atoms with van der Waals surface area (Å²) in [6, 6.07) is 74.5. The summed E-state index contributed by atoms with van der Waals surface area (Å²) < 4.78 is 11.2. The molecule has 0 amide bonds. The highest BCUT2D eigenvalue weighted by atomic mass is 16.3. The molecular formula is C54H34N2O. The third kappa shape index (κ3) is 4.92. The highest BCUT2D eigenvalue weighted by Crippen LogP contribution is 2.40. The van der Waals surface area contributed by atoms with E-state index in [0.29, 0.717) is 0 Å². The summed E-state index contributed by atoms with van der Waals surface area (Å²) in [5.74, 6) is 0. The summed E-state index contributed by atoms with van der Waals surface area (Å²) in [6.07, 6.45) is 0.